The number of nitrogens with two attached hydrogens (primary N) is 1. The molecule has 2 aromatic heterocycles. The van der Waals surface area contributed by atoms with Crippen molar-refractivity contribution in [3.63, 3.8) is 0 Å². The Kier molecular flexibility index (Phi) is 3.02. The third-order valence-corrected chi connectivity index (χ3v) is 3.12. The van der Waals surface area contributed by atoms with Crippen molar-refractivity contribution in [1.82, 2.24) is 15.0 Å². The summed E-state index contributed by atoms with van der Waals surface area (Å²) in [6.45, 7) is 4.53. The predicted octanol–water partition coefficient (Wildman–Crippen LogP) is 2.91. The minimum absolute atomic E-state index is 0.590. The standard InChI is InChI=1S/C15H16N4O/c1-3-20-13-7-6-12-15(18-13)19-14(17-12)11-5-4-10(16)8-9(11)2/h4-8H,3,16H2,1-2H3,(H,17,18,19). The van der Waals surface area contributed by atoms with Crippen molar-refractivity contribution in [3.8, 4) is 17.3 Å². The molecule has 0 atom stereocenters. The number of nitrogens with one attached hydrogen (secondary N) is 1. The summed E-state index contributed by atoms with van der Waals surface area (Å²) < 4.78 is 5.39. The van der Waals surface area contributed by atoms with Gasteiger partial charge in [-0.25, -0.2) is 4.98 Å². The van der Waals surface area contributed by atoms with E-state index in [1.165, 1.54) is 0 Å². The second-order valence-electron chi connectivity index (χ2n) is 4.61. The van der Waals surface area contributed by atoms with E-state index in [1.807, 2.05) is 44.2 Å². The monoisotopic (exact) mass is 268 g/mol. The average Bonchev–Trinajstić information content (AvgIpc) is 2.81. The van der Waals surface area contributed by atoms with Gasteiger partial charge < -0.3 is 15.5 Å². The lowest BCUT2D eigenvalue weighted by molar-refractivity contribution is 0.328. The zero-order valence-electron chi connectivity index (χ0n) is 11.5. The number of rotatable bonds is 3. The number of imidazole rings is 1. The van der Waals surface area contributed by atoms with E-state index in [-0.39, 0.29) is 0 Å². The van der Waals surface area contributed by atoms with Gasteiger partial charge in [0.15, 0.2) is 5.65 Å². The fourth-order valence-corrected chi connectivity index (χ4v) is 2.18. The molecule has 0 bridgehead atoms. The Bertz CT molecular complexity index is 764. The summed E-state index contributed by atoms with van der Waals surface area (Å²) in [5, 5.41) is 0. The minimum Gasteiger partial charge on any atom is -0.478 e. The van der Waals surface area contributed by atoms with Crippen LogP contribution in [-0.2, 0) is 0 Å². The zero-order valence-corrected chi connectivity index (χ0v) is 11.5. The SMILES string of the molecule is CCOc1ccc2[nH]c(-c3ccc(N)cc3C)nc2n1. The van der Waals surface area contributed by atoms with Crippen molar-refractivity contribution < 1.29 is 4.74 Å². The molecule has 20 heavy (non-hydrogen) atoms. The average molecular weight is 268 g/mol. The van der Waals surface area contributed by atoms with Crippen LogP contribution in [-0.4, -0.2) is 21.6 Å². The number of aromatic nitrogens is 3. The van der Waals surface area contributed by atoms with Crippen molar-refractivity contribution in [2.45, 2.75) is 13.8 Å². The van der Waals surface area contributed by atoms with Gasteiger partial charge in [-0.3, -0.25) is 0 Å². The van der Waals surface area contributed by atoms with Crippen LogP contribution in [0.5, 0.6) is 5.88 Å². The third kappa shape index (κ3) is 2.18. The van der Waals surface area contributed by atoms with Crippen LogP contribution in [0.25, 0.3) is 22.6 Å². The number of fused-ring (bicyclic) bond motifs is 1. The largest absolute Gasteiger partial charge is 0.478 e. The summed E-state index contributed by atoms with van der Waals surface area (Å²) >= 11 is 0. The highest BCUT2D eigenvalue weighted by Crippen LogP contribution is 2.25. The molecular formula is C15H16N4O. The van der Waals surface area contributed by atoms with Gasteiger partial charge in [0.25, 0.3) is 0 Å². The molecule has 5 nitrogen and oxygen atoms in total. The molecule has 0 aliphatic rings. The van der Waals surface area contributed by atoms with Gasteiger partial charge in [-0.15, -0.1) is 0 Å². The van der Waals surface area contributed by atoms with Crippen LogP contribution < -0.4 is 10.5 Å². The Balaban J connectivity index is 2.08. The van der Waals surface area contributed by atoms with Crippen LogP contribution in [0.2, 0.25) is 0 Å². The summed E-state index contributed by atoms with van der Waals surface area (Å²) in [5.41, 5.74) is 10.2. The smallest absolute Gasteiger partial charge is 0.215 e. The van der Waals surface area contributed by atoms with E-state index >= 15 is 0 Å². The highest BCUT2D eigenvalue weighted by Gasteiger charge is 2.09. The molecule has 3 rings (SSSR count). The van der Waals surface area contributed by atoms with Crippen molar-refractivity contribution in [2.24, 2.45) is 0 Å². The number of aryl methyl sites for hydroxylation is 1. The fourth-order valence-electron chi connectivity index (χ4n) is 2.18. The Morgan fingerprint density at radius 3 is 2.80 bits per heavy atom. The molecule has 102 valence electrons. The van der Waals surface area contributed by atoms with Gasteiger partial charge in [0, 0.05) is 17.3 Å². The lowest BCUT2D eigenvalue weighted by Crippen LogP contribution is -1.93. The molecule has 1 aromatic carbocycles. The molecule has 0 aliphatic carbocycles. The van der Waals surface area contributed by atoms with Crippen molar-refractivity contribution in [1.29, 1.82) is 0 Å². The molecule has 0 unspecified atom stereocenters. The molecule has 0 aliphatic heterocycles. The first-order valence-electron chi connectivity index (χ1n) is 6.53. The topological polar surface area (TPSA) is 76.8 Å². The van der Waals surface area contributed by atoms with Gasteiger partial charge in [0.2, 0.25) is 5.88 Å². The van der Waals surface area contributed by atoms with Gasteiger partial charge >= 0.3 is 0 Å². The highest BCUT2D eigenvalue weighted by molar-refractivity contribution is 5.77. The molecule has 0 amide bonds. The first-order valence-corrected chi connectivity index (χ1v) is 6.53. The van der Waals surface area contributed by atoms with Crippen molar-refractivity contribution >= 4 is 16.9 Å². The normalized spacial score (nSPS) is 10.9. The molecule has 3 N–H and O–H groups in total. The van der Waals surface area contributed by atoms with E-state index in [0.29, 0.717) is 18.1 Å². The maximum Gasteiger partial charge on any atom is 0.215 e. The van der Waals surface area contributed by atoms with Gasteiger partial charge in [-0.1, -0.05) is 0 Å². The number of nitrogen functional groups attached to an aromatic ring is 1. The van der Waals surface area contributed by atoms with Crippen molar-refractivity contribution in [3.05, 3.63) is 35.9 Å². The van der Waals surface area contributed by atoms with E-state index < -0.39 is 0 Å². The van der Waals surface area contributed by atoms with Crippen LogP contribution in [0.3, 0.4) is 0 Å². The van der Waals surface area contributed by atoms with E-state index in [1.54, 1.807) is 0 Å². The molecular weight excluding hydrogens is 252 g/mol. The second kappa shape index (κ2) is 4.85. The first-order chi connectivity index (χ1) is 9.67. The van der Waals surface area contributed by atoms with Crippen LogP contribution in [0, 0.1) is 6.92 Å². The number of nitrogens with zero attached hydrogens (tertiary/aromatic N) is 2. The number of anilines is 1. The number of benzene rings is 1. The van der Waals surface area contributed by atoms with Gasteiger partial charge in [0.1, 0.15) is 5.82 Å². The van der Waals surface area contributed by atoms with Gasteiger partial charge in [-0.05, 0) is 43.7 Å². The summed E-state index contributed by atoms with van der Waals surface area (Å²) in [6, 6.07) is 9.53. The molecule has 5 heteroatoms. The summed E-state index contributed by atoms with van der Waals surface area (Å²) in [5.74, 6) is 1.38. The Morgan fingerprint density at radius 2 is 2.05 bits per heavy atom. The van der Waals surface area contributed by atoms with E-state index in [4.69, 9.17) is 10.5 Å². The van der Waals surface area contributed by atoms with Gasteiger partial charge in [0.05, 0.1) is 12.1 Å². The minimum atomic E-state index is 0.590. The van der Waals surface area contributed by atoms with E-state index in [9.17, 15) is 0 Å². The Hall–Kier alpha value is -2.56. The molecule has 2 heterocycles. The van der Waals surface area contributed by atoms with Gasteiger partial charge in [-0.2, -0.15) is 4.98 Å². The number of aromatic amines is 1. The Labute approximate surface area is 116 Å². The highest BCUT2D eigenvalue weighted by atomic mass is 16.5. The molecule has 0 saturated carbocycles. The zero-order chi connectivity index (χ0) is 14.1. The van der Waals surface area contributed by atoms with Crippen LogP contribution in [0.15, 0.2) is 30.3 Å². The van der Waals surface area contributed by atoms with Crippen LogP contribution >= 0.6 is 0 Å². The maximum atomic E-state index is 5.77. The number of hydrogen-bond acceptors (Lipinski definition) is 4. The maximum absolute atomic E-state index is 5.77. The van der Waals surface area contributed by atoms with Crippen LogP contribution in [0.4, 0.5) is 5.69 Å². The summed E-state index contributed by atoms with van der Waals surface area (Å²) in [6.07, 6.45) is 0. The first kappa shape index (κ1) is 12.5. The lowest BCUT2D eigenvalue weighted by atomic mass is 10.1. The predicted molar refractivity (Wildman–Crippen MR) is 79.6 cm³/mol. The Morgan fingerprint density at radius 1 is 1.20 bits per heavy atom. The number of pyridine rings is 1. The van der Waals surface area contributed by atoms with E-state index in [2.05, 4.69) is 15.0 Å². The van der Waals surface area contributed by atoms with Crippen LogP contribution in [0.1, 0.15) is 12.5 Å². The molecule has 0 saturated heterocycles. The lowest BCUT2D eigenvalue weighted by Gasteiger charge is -2.02. The number of ether oxygens (including phenoxy) is 1. The molecule has 0 radical (unpaired) electrons. The number of H-pyrrole nitrogens is 1. The quantitative estimate of drug-likeness (QED) is 0.716. The molecule has 0 spiro atoms. The second-order valence-corrected chi connectivity index (χ2v) is 4.61. The summed E-state index contributed by atoms with van der Waals surface area (Å²) in [7, 11) is 0. The third-order valence-electron chi connectivity index (χ3n) is 3.12. The molecule has 0 fully saturated rings. The van der Waals surface area contributed by atoms with Crippen molar-refractivity contribution in [2.75, 3.05) is 12.3 Å². The van der Waals surface area contributed by atoms with E-state index in [0.717, 1.165) is 28.2 Å². The fraction of sp³-hybridized carbons (Fsp3) is 0.200. The number of hydrogen-bond donors (Lipinski definition) is 2. The molecule has 3 aromatic rings. The summed E-state index contributed by atoms with van der Waals surface area (Å²) in [4.78, 5) is 12.2.